The molecule has 4 heteroatoms. The summed E-state index contributed by atoms with van der Waals surface area (Å²) in [7, 11) is 0. The van der Waals surface area contributed by atoms with Crippen molar-refractivity contribution in [1.29, 1.82) is 0 Å². The zero-order chi connectivity index (χ0) is 32.3. The summed E-state index contributed by atoms with van der Waals surface area (Å²) in [4.78, 5) is 15.3. The molecule has 0 amide bonds. The van der Waals surface area contributed by atoms with E-state index in [0.717, 1.165) is 44.0 Å². The van der Waals surface area contributed by atoms with E-state index in [9.17, 15) is 0 Å². The van der Waals surface area contributed by atoms with Crippen LogP contribution in [0.1, 0.15) is 0 Å². The van der Waals surface area contributed by atoms with Gasteiger partial charge in [0.25, 0.3) is 0 Å². The number of thiophene rings is 1. The Kier molecular flexibility index (Phi) is 6.36. The Bertz CT molecular complexity index is 2890. The molecule has 0 aliphatic rings. The largest absolute Gasteiger partial charge is 0.208 e. The molecule has 10 rings (SSSR count). The zero-order valence-corrected chi connectivity index (χ0v) is 27.2. The molecule has 8 aromatic carbocycles. The van der Waals surface area contributed by atoms with Gasteiger partial charge in [0.05, 0.1) is 0 Å². The molecule has 0 spiro atoms. The lowest BCUT2D eigenvalue weighted by atomic mass is 9.94. The Morgan fingerprint density at radius 2 is 0.918 bits per heavy atom. The standard InChI is InChI=1S/C45H27N3S/c1-2-11-29(12-3-1)43-46-44(34-19-18-28-10-4-5-13-30(28)25-34)48-45(47-43)40-27-35(26-32-14-6-7-15-36(32)40)31-20-22-37-33(24-31)21-23-39-38-16-8-9-17-41(38)49-42(37)39/h1-27H. The molecule has 0 unspecified atom stereocenters. The third-order valence-corrected chi connectivity index (χ3v) is 10.7. The Morgan fingerprint density at radius 3 is 1.80 bits per heavy atom. The quantitative estimate of drug-likeness (QED) is 0.192. The summed E-state index contributed by atoms with van der Waals surface area (Å²) in [6.45, 7) is 0. The van der Waals surface area contributed by atoms with Gasteiger partial charge < -0.3 is 0 Å². The van der Waals surface area contributed by atoms with Gasteiger partial charge in [-0.1, -0.05) is 133 Å². The third kappa shape index (κ3) is 4.76. The Balaban J connectivity index is 1.17. The highest BCUT2D eigenvalue weighted by Gasteiger charge is 2.17. The molecule has 0 radical (unpaired) electrons. The van der Waals surface area contributed by atoms with Gasteiger partial charge in [-0.2, -0.15) is 0 Å². The molecule has 49 heavy (non-hydrogen) atoms. The highest BCUT2D eigenvalue weighted by molar-refractivity contribution is 7.26. The van der Waals surface area contributed by atoms with E-state index in [-0.39, 0.29) is 0 Å². The minimum absolute atomic E-state index is 0.654. The van der Waals surface area contributed by atoms with Crippen LogP contribution in [0.5, 0.6) is 0 Å². The molecular formula is C45H27N3S. The maximum Gasteiger partial charge on any atom is 0.164 e. The first-order valence-electron chi connectivity index (χ1n) is 16.4. The monoisotopic (exact) mass is 641 g/mol. The normalized spacial score (nSPS) is 11.7. The van der Waals surface area contributed by atoms with Crippen LogP contribution in [0.25, 0.3) is 97.8 Å². The van der Waals surface area contributed by atoms with Crippen LogP contribution in [0.15, 0.2) is 164 Å². The van der Waals surface area contributed by atoms with Gasteiger partial charge in [-0.25, -0.2) is 15.0 Å². The van der Waals surface area contributed by atoms with Crippen molar-refractivity contribution in [2.45, 2.75) is 0 Å². The fraction of sp³-hybridized carbons (Fsp3) is 0. The summed E-state index contributed by atoms with van der Waals surface area (Å²) in [6, 6.07) is 58.1. The van der Waals surface area contributed by atoms with Gasteiger partial charge in [-0.15, -0.1) is 11.3 Å². The predicted molar refractivity (Wildman–Crippen MR) is 207 cm³/mol. The van der Waals surface area contributed by atoms with Crippen LogP contribution in [0.2, 0.25) is 0 Å². The summed E-state index contributed by atoms with van der Waals surface area (Å²) in [5.74, 6) is 1.96. The molecule has 0 fully saturated rings. The molecule has 3 nitrogen and oxygen atoms in total. The maximum atomic E-state index is 5.18. The lowest BCUT2D eigenvalue weighted by Gasteiger charge is -2.13. The van der Waals surface area contributed by atoms with Crippen LogP contribution < -0.4 is 0 Å². The Hall–Kier alpha value is -6.23. The number of hydrogen-bond acceptors (Lipinski definition) is 4. The van der Waals surface area contributed by atoms with Crippen molar-refractivity contribution in [3.05, 3.63) is 164 Å². The van der Waals surface area contributed by atoms with Crippen molar-refractivity contribution in [2.75, 3.05) is 0 Å². The lowest BCUT2D eigenvalue weighted by molar-refractivity contribution is 1.08. The predicted octanol–water partition coefficient (Wildman–Crippen LogP) is 12.4. The second-order valence-electron chi connectivity index (χ2n) is 12.5. The Morgan fingerprint density at radius 1 is 0.327 bits per heavy atom. The van der Waals surface area contributed by atoms with Gasteiger partial charge in [0.15, 0.2) is 17.5 Å². The SMILES string of the molecule is c1ccc(-c2nc(-c3ccc4ccccc4c3)nc(-c3cc(-c4ccc5c(ccc6c7ccccc7sc56)c4)cc4ccccc34)n2)cc1. The van der Waals surface area contributed by atoms with Crippen LogP contribution in [0.3, 0.4) is 0 Å². The van der Waals surface area contributed by atoms with Gasteiger partial charge in [-0.05, 0) is 73.8 Å². The number of rotatable bonds is 4. The average Bonchev–Trinajstić information content (AvgIpc) is 3.56. The molecular weight excluding hydrogens is 615 g/mol. The summed E-state index contributed by atoms with van der Waals surface area (Å²) in [5.41, 5.74) is 5.18. The number of aromatic nitrogens is 3. The first-order chi connectivity index (χ1) is 24.2. The topological polar surface area (TPSA) is 38.7 Å². The van der Waals surface area contributed by atoms with E-state index >= 15 is 0 Å². The second-order valence-corrected chi connectivity index (χ2v) is 13.5. The van der Waals surface area contributed by atoms with Crippen molar-refractivity contribution >= 4 is 63.8 Å². The molecule has 0 saturated heterocycles. The van der Waals surface area contributed by atoms with Gasteiger partial charge in [0, 0.05) is 36.9 Å². The van der Waals surface area contributed by atoms with Crippen LogP contribution in [-0.4, -0.2) is 15.0 Å². The minimum Gasteiger partial charge on any atom is -0.208 e. The Labute approximate surface area is 286 Å². The number of hydrogen-bond donors (Lipinski definition) is 0. The molecule has 2 heterocycles. The number of fused-ring (bicyclic) bond motifs is 7. The number of benzene rings is 8. The smallest absolute Gasteiger partial charge is 0.164 e. The molecule has 0 aliphatic carbocycles. The fourth-order valence-corrected chi connectivity index (χ4v) is 8.26. The van der Waals surface area contributed by atoms with Gasteiger partial charge in [-0.3, -0.25) is 0 Å². The second kappa shape index (κ2) is 11.2. The highest BCUT2D eigenvalue weighted by atomic mass is 32.1. The lowest BCUT2D eigenvalue weighted by Crippen LogP contribution is -2.01. The van der Waals surface area contributed by atoms with Crippen LogP contribution in [0.4, 0.5) is 0 Å². The van der Waals surface area contributed by atoms with Crippen molar-refractivity contribution in [3.8, 4) is 45.3 Å². The first-order valence-corrected chi connectivity index (χ1v) is 17.3. The van der Waals surface area contributed by atoms with Gasteiger partial charge >= 0.3 is 0 Å². The first kappa shape index (κ1) is 27.8. The minimum atomic E-state index is 0.654. The molecule has 228 valence electrons. The van der Waals surface area contributed by atoms with E-state index in [1.807, 2.05) is 29.5 Å². The van der Waals surface area contributed by atoms with E-state index in [1.54, 1.807) is 0 Å². The van der Waals surface area contributed by atoms with E-state index in [1.165, 1.54) is 36.3 Å². The maximum absolute atomic E-state index is 5.18. The average molecular weight is 642 g/mol. The molecule has 2 aromatic heterocycles. The molecule has 0 N–H and O–H groups in total. The highest BCUT2D eigenvalue weighted by Crippen LogP contribution is 2.40. The number of nitrogens with zero attached hydrogens (tertiary/aromatic N) is 3. The van der Waals surface area contributed by atoms with Gasteiger partial charge in [0.1, 0.15) is 0 Å². The van der Waals surface area contributed by atoms with Crippen LogP contribution >= 0.6 is 11.3 Å². The molecule has 0 aliphatic heterocycles. The van der Waals surface area contributed by atoms with Crippen molar-refractivity contribution < 1.29 is 0 Å². The third-order valence-electron chi connectivity index (χ3n) is 9.47. The van der Waals surface area contributed by atoms with Crippen molar-refractivity contribution in [2.24, 2.45) is 0 Å². The summed E-state index contributed by atoms with van der Waals surface area (Å²) in [6.07, 6.45) is 0. The van der Waals surface area contributed by atoms with Crippen LogP contribution in [0, 0.1) is 0 Å². The molecule has 0 atom stereocenters. The van der Waals surface area contributed by atoms with E-state index in [0.29, 0.717) is 17.5 Å². The van der Waals surface area contributed by atoms with E-state index in [4.69, 9.17) is 15.0 Å². The summed E-state index contributed by atoms with van der Waals surface area (Å²) < 4.78 is 2.66. The van der Waals surface area contributed by atoms with E-state index < -0.39 is 0 Å². The van der Waals surface area contributed by atoms with Crippen LogP contribution in [-0.2, 0) is 0 Å². The summed E-state index contributed by atoms with van der Waals surface area (Å²) in [5, 5.41) is 9.75. The van der Waals surface area contributed by atoms with E-state index in [2.05, 4.69) is 146 Å². The zero-order valence-electron chi connectivity index (χ0n) is 26.3. The molecule has 0 saturated carbocycles. The molecule has 0 bridgehead atoms. The van der Waals surface area contributed by atoms with Crippen molar-refractivity contribution in [3.63, 3.8) is 0 Å². The summed E-state index contributed by atoms with van der Waals surface area (Å²) >= 11 is 1.87. The fourth-order valence-electron chi connectivity index (χ4n) is 7.02. The van der Waals surface area contributed by atoms with Gasteiger partial charge in [0.2, 0.25) is 0 Å². The van der Waals surface area contributed by atoms with Crippen molar-refractivity contribution in [1.82, 2.24) is 15.0 Å². The molecule has 10 aromatic rings.